The average molecular weight is 732 g/mol. The molecule has 11 nitrogen and oxygen atoms in total. The summed E-state index contributed by atoms with van der Waals surface area (Å²) in [6.45, 7) is 2.73. The van der Waals surface area contributed by atoms with Crippen molar-refractivity contribution in [2.45, 2.75) is 180 Å². The van der Waals surface area contributed by atoms with Gasteiger partial charge in [0.2, 0.25) is 0 Å². The SMILES string of the molecule is CCCCC/C=C/CCCCCCCC(=O)O[C@H](COC(=O)CCCCCCC/C=C/CCCCCCC)COP(=O)(O)OC[C@H](N)C(=O)O. The van der Waals surface area contributed by atoms with Crippen molar-refractivity contribution in [2.24, 2.45) is 5.73 Å². The average Bonchev–Trinajstić information content (AvgIpc) is 3.09. The third-order valence-corrected chi connectivity index (χ3v) is 9.12. The van der Waals surface area contributed by atoms with Crippen LogP contribution in [-0.2, 0) is 37.5 Å². The number of hydrogen-bond donors (Lipinski definition) is 3. The fourth-order valence-electron chi connectivity index (χ4n) is 5.05. The maximum absolute atomic E-state index is 12.5. The van der Waals surface area contributed by atoms with Gasteiger partial charge < -0.3 is 25.2 Å². The standard InChI is InChI=1S/C38H70NO10P/c1-3-5-7-9-11-13-15-17-18-20-21-23-25-27-29-36(40)46-31-34(32-47-50(44,45)48-33-35(39)38(42)43)49-37(41)30-28-26-24-22-19-16-14-12-10-8-6-4-2/h12,14-15,17,34-35H,3-11,13,16,18-33,39H2,1-2H3,(H,42,43)(H,44,45)/b14-12+,17-15+/t34-,35+/m1/s1. The second kappa shape index (κ2) is 34.1. The first-order valence-electron chi connectivity index (χ1n) is 19.4. The molecule has 0 amide bonds. The molecule has 50 heavy (non-hydrogen) atoms. The summed E-state index contributed by atoms with van der Waals surface area (Å²) in [5.41, 5.74) is 5.31. The van der Waals surface area contributed by atoms with Gasteiger partial charge in [0.05, 0.1) is 13.2 Å². The molecule has 0 spiro atoms. The Hall–Kier alpha value is -2.04. The molecule has 0 heterocycles. The summed E-state index contributed by atoms with van der Waals surface area (Å²) in [7, 11) is -4.71. The smallest absolute Gasteiger partial charge is 0.472 e. The first kappa shape index (κ1) is 48.0. The van der Waals surface area contributed by atoms with Crippen LogP contribution in [0.4, 0.5) is 0 Å². The van der Waals surface area contributed by atoms with Gasteiger partial charge in [0, 0.05) is 12.8 Å². The minimum absolute atomic E-state index is 0.150. The quantitative estimate of drug-likeness (QED) is 0.0242. The van der Waals surface area contributed by atoms with Crippen molar-refractivity contribution in [3.05, 3.63) is 24.3 Å². The monoisotopic (exact) mass is 731 g/mol. The zero-order chi connectivity index (χ0) is 37.1. The summed E-state index contributed by atoms with van der Waals surface area (Å²) in [5, 5.41) is 8.85. The van der Waals surface area contributed by atoms with Crippen LogP contribution in [-0.4, -0.2) is 59.9 Å². The highest BCUT2D eigenvalue weighted by Crippen LogP contribution is 2.43. The maximum Gasteiger partial charge on any atom is 0.472 e. The van der Waals surface area contributed by atoms with E-state index in [0.717, 1.165) is 77.0 Å². The lowest BCUT2D eigenvalue weighted by Gasteiger charge is -2.20. The predicted molar refractivity (Wildman–Crippen MR) is 199 cm³/mol. The zero-order valence-corrected chi connectivity index (χ0v) is 32.1. The van der Waals surface area contributed by atoms with Crippen molar-refractivity contribution in [3.63, 3.8) is 0 Å². The van der Waals surface area contributed by atoms with E-state index in [1.54, 1.807) is 0 Å². The van der Waals surface area contributed by atoms with Gasteiger partial charge in [-0.25, -0.2) is 4.57 Å². The fraction of sp³-hybridized carbons (Fsp3) is 0.816. The Labute approximate surface area is 302 Å². The first-order chi connectivity index (χ1) is 24.1. The number of ether oxygens (including phenoxy) is 2. The third kappa shape index (κ3) is 33.1. The highest BCUT2D eigenvalue weighted by Gasteiger charge is 2.28. The van der Waals surface area contributed by atoms with E-state index in [0.29, 0.717) is 12.8 Å². The van der Waals surface area contributed by atoms with Crippen LogP contribution >= 0.6 is 7.82 Å². The Morgan fingerprint density at radius 3 is 1.50 bits per heavy atom. The minimum atomic E-state index is -4.71. The molecule has 0 rings (SSSR count). The number of rotatable bonds is 36. The number of allylic oxidation sites excluding steroid dienone is 4. The van der Waals surface area contributed by atoms with Crippen molar-refractivity contribution in [3.8, 4) is 0 Å². The molecule has 0 aromatic heterocycles. The summed E-state index contributed by atoms with van der Waals surface area (Å²) in [6.07, 6.45) is 32.5. The van der Waals surface area contributed by atoms with Gasteiger partial charge in [-0.2, -0.15) is 0 Å². The van der Waals surface area contributed by atoms with Crippen molar-refractivity contribution < 1.29 is 47.5 Å². The van der Waals surface area contributed by atoms with Gasteiger partial charge in [0.25, 0.3) is 0 Å². The number of hydrogen-bond acceptors (Lipinski definition) is 9. The van der Waals surface area contributed by atoms with E-state index >= 15 is 0 Å². The molecule has 12 heteroatoms. The van der Waals surface area contributed by atoms with Crippen molar-refractivity contribution in [2.75, 3.05) is 19.8 Å². The maximum atomic E-state index is 12.5. The molecule has 0 bridgehead atoms. The van der Waals surface area contributed by atoms with Crippen LogP contribution in [0, 0.1) is 0 Å². The molecule has 4 N–H and O–H groups in total. The van der Waals surface area contributed by atoms with Crippen LogP contribution in [0.1, 0.15) is 168 Å². The number of carboxylic acid groups (broad SMARTS) is 1. The topological polar surface area (TPSA) is 172 Å². The van der Waals surface area contributed by atoms with E-state index < -0.39 is 51.1 Å². The Balaban J connectivity index is 4.45. The molecule has 3 atom stereocenters. The summed E-state index contributed by atoms with van der Waals surface area (Å²) in [6, 6.07) is -1.52. The molecule has 0 aliphatic rings. The van der Waals surface area contributed by atoms with Gasteiger partial charge in [-0.05, 0) is 64.2 Å². The lowest BCUT2D eigenvalue weighted by Crippen LogP contribution is -2.34. The predicted octanol–water partition coefficient (Wildman–Crippen LogP) is 9.50. The third-order valence-electron chi connectivity index (χ3n) is 8.17. The summed E-state index contributed by atoms with van der Waals surface area (Å²) in [4.78, 5) is 45.7. The summed E-state index contributed by atoms with van der Waals surface area (Å²) in [5.74, 6) is -2.40. The van der Waals surface area contributed by atoms with E-state index in [2.05, 4.69) is 42.7 Å². The lowest BCUT2D eigenvalue weighted by molar-refractivity contribution is -0.161. The second-order valence-electron chi connectivity index (χ2n) is 13.1. The van der Waals surface area contributed by atoms with Crippen LogP contribution in [0.15, 0.2) is 24.3 Å². The van der Waals surface area contributed by atoms with Crippen LogP contribution in [0.3, 0.4) is 0 Å². The van der Waals surface area contributed by atoms with E-state index in [9.17, 15) is 23.8 Å². The molecule has 0 aromatic rings. The Morgan fingerprint density at radius 1 is 0.600 bits per heavy atom. The largest absolute Gasteiger partial charge is 0.480 e. The molecular formula is C38H70NO10P. The van der Waals surface area contributed by atoms with Crippen LogP contribution < -0.4 is 5.73 Å². The van der Waals surface area contributed by atoms with E-state index in [1.807, 2.05) is 0 Å². The number of carbonyl (C=O) groups excluding carboxylic acids is 2. The van der Waals surface area contributed by atoms with Crippen molar-refractivity contribution in [1.29, 1.82) is 0 Å². The highest BCUT2D eigenvalue weighted by molar-refractivity contribution is 7.47. The van der Waals surface area contributed by atoms with E-state index in [1.165, 1.54) is 51.4 Å². The molecule has 0 aliphatic carbocycles. The normalized spacial score (nSPS) is 14.2. The molecule has 0 radical (unpaired) electrons. The number of nitrogens with two attached hydrogens (primary N) is 1. The van der Waals surface area contributed by atoms with Crippen LogP contribution in [0.25, 0.3) is 0 Å². The number of carbonyl (C=O) groups is 3. The lowest BCUT2D eigenvalue weighted by atomic mass is 10.1. The van der Waals surface area contributed by atoms with Crippen LogP contribution in [0.5, 0.6) is 0 Å². The number of esters is 2. The molecule has 0 saturated carbocycles. The van der Waals surface area contributed by atoms with E-state index in [-0.39, 0.29) is 19.4 Å². The van der Waals surface area contributed by atoms with Crippen LogP contribution in [0.2, 0.25) is 0 Å². The first-order valence-corrected chi connectivity index (χ1v) is 20.9. The molecule has 0 aromatic carbocycles. The molecule has 292 valence electrons. The van der Waals surface area contributed by atoms with Gasteiger partial charge in [0.15, 0.2) is 6.10 Å². The molecular weight excluding hydrogens is 661 g/mol. The number of phosphoric ester groups is 1. The summed E-state index contributed by atoms with van der Waals surface area (Å²) >= 11 is 0. The molecule has 0 saturated heterocycles. The van der Waals surface area contributed by atoms with Crippen molar-refractivity contribution in [1.82, 2.24) is 0 Å². The fourth-order valence-corrected chi connectivity index (χ4v) is 5.83. The minimum Gasteiger partial charge on any atom is -0.480 e. The van der Waals surface area contributed by atoms with E-state index in [4.69, 9.17) is 24.8 Å². The number of phosphoric acid groups is 1. The van der Waals surface area contributed by atoms with Gasteiger partial charge >= 0.3 is 25.7 Å². The molecule has 1 unspecified atom stereocenters. The Kier molecular flexibility index (Phi) is 32.7. The Bertz CT molecular complexity index is 958. The van der Waals surface area contributed by atoms with Gasteiger partial charge in [-0.3, -0.25) is 23.4 Å². The number of aliphatic carboxylic acids is 1. The molecule has 0 fully saturated rings. The number of carboxylic acids is 1. The second-order valence-corrected chi connectivity index (χ2v) is 14.5. The summed E-state index contributed by atoms with van der Waals surface area (Å²) < 4.78 is 32.5. The zero-order valence-electron chi connectivity index (χ0n) is 31.2. The van der Waals surface area contributed by atoms with Gasteiger partial charge in [0.1, 0.15) is 12.6 Å². The molecule has 0 aliphatic heterocycles. The van der Waals surface area contributed by atoms with Crippen molar-refractivity contribution >= 4 is 25.7 Å². The number of unbranched alkanes of at least 4 members (excludes halogenated alkanes) is 18. The highest BCUT2D eigenvalue weighted by atomic mass is 31.2. The Morgan fingerprint density at radius 2 is 1.00 bits per heavy atom. The van der Waals surface area contributed by atoms with Gasteiger partial charge in [-0.15, -0.1) is 0 Å². The van der Waals surface area contributed by atoms with Gasteiger partial charge in [-0.1, -0.05) is 115 Å².